The molecule has 6 heteroatoms. The standard InChI is InChI=1S/C20H22N2O3S/c23-19(21-14-20(12-13-20)16-4-2-1-3-5-16)15-6-10-18(11-7-15)26(24,25)22-17-8-9-17/h1-7,10-11,17,22H,8-9,12-14H2,(H,21,23). The smallest absolute Gasteiger partial charge is 0.251 e. The van der Waals surface area contributed by atoms with E-state index in [0.29, 0.717) is 12.1 Å². The van der Waals surface area contributed by atoms with Crippen molar-refractivity contribution < 1.29 is 13.2 Å². The lowest BCUT2D eigenvalue weighted by Crippen LogP contribution is -2.32. The van der Waals surface area contributed by atoms with E-state index in [1.165, 1.54) is 17.7 Å². The number of benzene rings is 2. The molecular weight excluding hydrogens is 348 g/mol. The Morgan fingerprint density at radius 1 is 1.00 bits per heavy atom. The van der Waals surface area contributed by atoms with Crippen molar-refractivity contribution in [1.29, 1.82) is 0 Å². The molecule has 0 radical (unpaired) electrons. The van der Waals surface area contributed by atoms with Crippen molar-refractivity contribution in [2.45, 2.75) is 42.0 Å². The number of nitrogens with one attached hydrogen (secondary N) is 2. The van der Waals surface area contributed by atoms with Gasteiger partial charge in [-0.2, -0.15) is 0 Å². The zero-order valence-corrected chi connectivity index (χ0v) is 15.3. The van der Waals surface area contributed by atoms with Crippen LogP contribution in [-0.2, 0) is 15.4 Å². The van der Waals surface area contributed by atoms with E-state index >= 15 is 0 Å². The molecule has 0 atom stereocenters. The van der Waals surface area contributed by atoms with Crippen LogP contribution in [-0.4, -0.2) is 26.9 Å². The number of hydrogen-bond acceptors (Lipinski definition) is 3. The van der Waals surface area contributed by atoms with Gasteiger partial charge in [0.15, 0.2) is 0 Å². The Kier molecular flexibility index (Phi) is 4.32. The summed E-state index contributed by atoms with van der Waals surface area (Å²) in [6.45, 7) is 0.596. The summed E-state index contributed by atoms with van der Waals surface area (Å²) in [6.07, 6.45) is 3.92. The van der Waals surface area contributed by atoms with Gasteiger partial charge in [-0.05, 0) is 55.5 Å². The van der Waals surface area contributed by atoms with Crippen LogP contribution in [0.2, 0.25) is 0 Å². The Morgan fingerprint density at radius 2 is 1.65 bits per heavy atom. The highest BCUT2D eigenvalue weighted by Gasteiger charge is 2.44. The second kappa shape index (κ2) is 6.52. The van der Waals surface area contributed by atoms with Crippen LogP contribution >= 0.6 is 0 Å². The summed E-state index contributed by atoms with van der Waals surface area (Å²) in [7, 11) is -3.48. The normalized spacial score (nSPS) is 18.3. The van der Waals surface area contributed by atoms with E-state index in [-0.39, 0.29) is 22.3 Å². The molecule has 0 aromatic heterocycles. The van der Waals surface area contributed by atoms with E-state index in [2.05, 4.69) is 22.2 Å². The fraction of sp³-hybridized carbons (Fsp3) is 0.350. The number of hydrogen-bond donors (Lipinski definition) is 2. The van der Waals surface area contributed by atoms with Crippen molar-refractivity contribution in [1.82, 2.24) is 10.0 Å². The first-order valence-electron chi connectivity index (χ1n) is 8.95. The lowest BCUT2D eigenvalue weighted by atomic mass is 9.96. The first-order chi connectivity index (χ1) is 12.5. The molecule has 0 heterocycles. The van der Waals surface area contributed by atoms with Crippen LogP contribution in [0.5, 0.6) is 0 Å². The number of rotatable bonds is 7. The maximum Gasteiger partial charge on any atom is 0.251 e. The quantitative estimate of drug-likeness (QED) is 0.787. The minimum atomic E-state index is -3.48. The lowest BCUT2D eigenvalue weighted by Gasteiger charge is -2.16. The summed E-state index contributed by atoms with van der Waals surface area (Å²) in [5.74, 6) is -0.175. The molecule has 2 aliphatic rings. The molecule has 5 nitrogen and oxygen atoms in total. The second-order valence-electron chi connectivity index (χ2n) is 7.25. The number of amides is 1. The topological polar surface area (TPSA) is 75.3 Å². The van der Waals surface area contributed by atoms with Crippen LogP contribution in [0.25, 0.3) is 0 Å². The first kappa shape index (κ1) is 17.2. The predicted molar refractivity (Wildman–Crippen MR) is 99.5 cm³/mol. The van der Waals surface area contributed by atoms with Gasteiger partial charge in [-0.15, -0.1) is 0 Å². The Bertz CT molecular complexity index is 900. The first-order valence-corrected chi connectivity index (χ1v) is 10.4. The zero-order valence-electron chi connectivity index (χ0n) is 14.4. The lowest BCUT2D eigenvalue weighted by molar-refractivity contribution is 0.0949. The molecule has 0 unspecified atom stereocenters. The Morgan fingerprint density at radius 3 is 2.23 bits per heavy atom. The molecular formula is C20H22N2O3S. The fourth-order valence-corrected chi connectivity index (χ4v) is 4.44. The van der Waals surface area contributed by atoms with Gasteiger partial charge < -0.3 is 5.32 Å². The largest absolute Gasteiger partial charge is 0.351 e. The number of carbonyl (C=O) groups excluding carboxylic acids is 1. The molecule has 2 N–H and O–H groups in total. The average Bonchev–Trinajstić information content (AvgIpc) is 3.57. The van der Waals surface area contributed by atoms with Gasteiger partial charge in [-0.3, -0.25) is 4.79 Å². The van der Waals surface area contributed by atoms with Crippen molar-refractivity contribution >= 4 is 15.9 Å². The Balaban J connectivity index is 1.39. The fourth-order valence-electron chi connectivity index (χ4n) is 3.14. The molecule has 0 saturated heterocycles. The van der Waals surface area contributed by atoms with Gasteiger partial charge in [-0.1, -0.05) is 30.3 Å². The van der Waals surface area contributed by atoms with E-state index in [1.54, 1.807) is 12.1 Å². The molecule has 0 aliphatic heterocycles. The van der Waals surface area contributed by atoms with Crippen LogP contribution in [0.3, 0.4) is 0 Å². The predicted octanol–water partition coefficient (Wildman–Crippen LogP) is 2.59. The molecule has 2 aliphatic carbocycles. The molecule has 0 bridgehead atoms. The molecule has 2 fully saturated rings. The highest BCUT2D eigenvalue weighted by atomic mass is 32.2. The van der Waals surface area contributed by atoms with Crippen molar-refractivity contribution in [2.75, 3.05) is 6.54 Å². The maximum absolute atomic E-state index is 12.4. The summed E-state index contributed by atoms with van der Waals surface area (Å²) in [5, 5.41) is 3.00. The number of carbonyl (C=O) groups is 1. The van der Waals surface area contributed by atoms with E-state index in [0.717, 1.165) is 25.7 Å². The van der Waals surface area contributed by atoms with Gasteiger partial charge >= 0.3 is 0 Å². The van der Waals surface area contributed by atoms with Gasteiger partial charge in [0.2, 0.25) is 10.0 Å². The monoisotopic (exact) mass is 370 g/mol. The highest BCUT2D eigenvalue weighted by molar-refractivity contribution is 7.89. The molecule has 2 aromatic rings. The van der Waals surface area contributed by atoms with E-state index in [4.69, 9.17) is 0 Å². The third kappa shape index (κ3) is 3.66. The molecule has 136 valence electrons. The number of sulfonamides is 1. The molecule has 0 spiro atoms. The van der Waals surface area contributed by atoms with Crippen LogP contribution in [0.15, 0.2) is 59.5 Å². The van der Waals surface area contributed by atoms with Crippen LogP contribution in [0.1, 0.15) is 41.6 Å². The second-order valence-corrected chi connectivity index (χ2v) is 8.96. The van der Waals surface area contributed by atoms with Gasteiger partial charge in [-0.25, -0.2) is 13.1 Å². The van der Waals surface area contributed by atoms with Crippen molar-refractivity contribution in [3.05, 3.63) is 65.7 Å². The molecule has 26 heavy (non-hydrogen) atoms. The van der Waals surface area contributed by atoms with Crippen LogP contribution < -0.4 is 10.0 Å². The average molecular weight is 370 g/mol. The third-order valence-electron chi connectivity index (χ3n) is 5.15. The van der Waals surface area contributed by atoms with Crippen molar-refractivity contribution in [3.8, 4) is 0 Å². The minimum absolute atomic E-state index is 0.0500. The Labute approximate surface area is 153 Å². The summed E-state index contributed by atoms with van der Waals surface area (Å²) >= 11 is 0. The van der Waals surface area contributed by atoms with Crippen molar-refractivity contribution in [3.63, 3.8) is 0 Å². The molecule has 1 amide bonds. The van der Waals surface area contributed by atoms with Gasteiger partial charge in [0.25, 0.3) is 5.91 Å². The van der Waals surface area contributed by atoms with Gasteiger partial charge in [0.1, 0.15) is 0 Å². The van der Waals surface area contributed by atoms with Gasteiger partial charge in [0, 0.05) is 23.6 Å². The van der Waals surface area contributed by atoms with Gasteiger partial charge in [0.05, 0.1) is 4.90 Å². The molecule has 4 rings (SSSR count). The molecule has 2 aromatic carbocycles. The summed E-state index contributed by atoms with van der Waals surface area (Å²) in [6, 6.07) is 16.4. The SMILES string of the molecule is O=C(NCC1(c2ccccc2)CC1)c1ccc(S(=O)(=O)NC2CC2)cc1. The van der Waals surface area contributed by atoms with Crippen molar-refractivity contribution in [2.24, 2.45) is 0 Å². The van der Waals surface area contributed by atoms with E-state index in [9.17, 15) is 13.2 Å². The van der Waals surface area contributed by atoms with Crippen LogP contribution in [0, 0.1) is 0 Å². The Hall–Kier alpha value is -2.18. The maximum atomic E-state index is 12.4. The van der Waals surface area contributed by atoms with E-state index in [1.807, 2.05) is 18.2 Å². The van der Waals surface area contributed by atoms with Crippen LogP contribution in [0.4, 0.5) is 0 Å². The molecule has 2 saturated carbocycles. The van der Waals surface area contributed by atoms with E-state index < -0.39 is 10.0 Å². The summed E-state index contributed by atoms with van der Waals surface area (Å²) in [4.78, 5) is 12.6. The highest BCUT2D eigenvalue weighted by Crippen LogP contribution is 2.47. The summed E-state index contributed by atoms with van der Waals surface area (Å²) in [5.41, 5.74) is 1.78. The minimum Gasteiger partial charge on any atom is -0.351 e. The summed E-state index contributed by atoms with van der Waals surface area (Å²) < 4.78 is 27.0. The third-order valence-corrected chi connectivity index (χ3v) is 6.69. The zero-order chi connectivity index (χ0) is 18.2.